The lowest BCUT2D eigenvalue weighted by Gasteiger charge is -2.23. The maximum Gasteiger partial charge on any atom is 0.323 e. The monoisotopic (exact) mass is 260 g/mol. The van der Waals surface area contributed by atoms with E-state index in [4.69, 9.17) is 5.11 Å². The normalized spacial score (nSPS) is 9.94. The Morgan fingerprint density at radius 3 is 2.22 bits per heavy atom. The van der Waals surface area contributed by atoms with Crippen LogP contribution in [0, 0.1) is 0 Å². The number of carboxylic acids is 1. The van der Waals surface area contributed by atoms with Crippen molar-refractivity contribution >= 4 is 17.8 Å². The molecule has 7 nitrogen and oxygen atoms in total. The first-order chi connectivity index (χ1) is 8.42. The minimum Gasteiger partial charge on any atom is -0.480 e. The number of hydrogen-bond acceptors (Lipinski definition) is 4. The number of aliphatic carboxylic acids is 1. The summed E-state index contributed by atoms with van der Waals surface area (Å²) in [5, 5.41) is 8.69. The Bertz CT molecular complexity index is 306. The maximum atomic E-state index is 11.8. The summed E-state index contributed by atoms with van der Waals surface area (Å²) in [6.07, 6.45) is 0.661. The molecule has 0 spiro atoms. The highest BCUT2D eigenvalue weighted by Gasteiger charge is 2.19. The third-order valence-electron chi connectivity index (χ3n) is 2.24. The molecule has 0 aliphatic carbocycles. The average molecular weight is 260 g/mol. The molecular formula is C11H20N2O5. The maximum absolute atomic E-state index is 11.8. The van der Waals surface area contributed by atoms with E-state index in [1.807, 2.05) is 6.92 Å². The van der Waals surface area contributed by atoms with Crippen LogP contribution in [0.3, 0.4) is 0 Å². The largest absolute Gasteiger partial charge is 0.480 e. The van der Waals surface area contributed by atoms with Gasteiger partial charge in [-0.05, 0) is 6.42 Å². The van der Waals surface area contributed by atoms with Crippen molar-refractivity contribution < 1.29 is 24.2 Å². The van der Waals surface area contributed by atoms with Gasteiger partial charge in [0.05, 0.1) is 6.54 Å². The fraction of sp³-hybridized carbons (Fsp3) is 0.727. The van der Waals surface area contributed by atoms with Crippen LogP contribution < -0.4 is 0 Å². The number of likely N-dealkylation sites (N-methyl/N-ethyl adjacent to an activating group) is 1. The van der Waals surface area contributed by atoms with Gasteiger partial charge in [-0.2, -0.15) is 0 Å². The summed E-state index contributed by atoms with van der Waals surface area (Å²) >= 11 is 0. The average Bonchev–Trinajstić information content (AvgIpc) is 2.28. The van der Waals surface area contributed by atoms with Gasteiger partial charge in [-0.25, -0.2) is 0 Å². The van der Waals surface area contributed by atoms with E-state index in [0.29, 0.717) is 13.0 Å². The first-order valence-electron chi connectivity index (χ1n) is 5.64. The van der Waals surface area contributed by atoms with Gasteiger partial charge >= 0.3 is 5.97 Å². The van der Waals surface area contributed by atoms with Gasteiger partial charge in [-0.3, -0.25) is 14.4 Å². The van der Waals surface area contributed by atoms with Gasteiger partial charge in [0.2, 0.25) is 11.8 Å². The van der Waals surface area contributed by atoms with Gasteiger partial charge in [0.15, 0.2) is 0 Å². The summed E-state index contributed by atoms with van der Waals surface area (Å²) in [6, 6.07) is 0. The molecule has 0 radical (unpaired) electrons. The van der Waals surface area contributed by atoms with E-state index in [2.05, 4.69) is 4.74 Å². The van der Waals surface area contributed by atoms with Gasteiger partial charge in [0.1, 0.15) is 13.2 Å². The van der Waals surface area contributed by atoms with Crippen LogP contribution in [0.2, 0.25) is 0 Å². The molecule has 104 valence electrons. The molecule has 0 aromatic heterocycles. The summed E-state index contributed by atoms with van der Waals surface area (Å²) in [5.74, 6) is -1.77. The van der Waals surface area contributed by atoms with Crippen molar-refractivity contribution in [3.8, 4) is 0 Å². The molecule has 0 aromatic rings. The molecule has 0 aromatic carbocycles. The van der Waals surface area contributed by atoms with Crippen LogP contribution in [0.1, 0.15) is 13.3 Å². The van der Waals surface area contributed by atoms with E-state index in [1.165, 1.54) is 24.0 Å². The molecule has 7 heteroatoms. The standard InChI is InChI=1S/C11H20N2O5/c1-4-5-13(7-11(16)17)9(14)6-12(2)10(15)8-18-3/h4-8H2,1-3H3,(H,16,17). The molecule has 2 amide bonds. The molecule has 0 aliphatic rings. The van der Waals surface area contributed by atoms with Crippen LogP contribution in [-0.4, -0.2) is 73.1 Å². The SMILES string of the molecule is CCCN(CC(=O)O)C(=O)CN(C)C(=O)COC. The highest BCUT2D eigenvalue weighted by Crippen LogP contribution is 1.96. The van der Waals surface area contributed by atoms with Crippen molar-refractivity contribution in [2.24, 2.45) is 0 Å². The zero-order chi connectivity index (χ0) is 14.1. The van der Waals surface area contributed by atoms with Crippen molar-refractivity contribution in [2.45, 2.75) is 13.3 Å². The van der Waals surface area contributed by atoms with Crippen LogP contribution in [0.25, 0.3) is 0 Å². The second-order valence-electron chi connectivity index (χ2n) is 3.89. The number of rotatable bonds is 8. The molecule has 0 bridgehead atoms. The molecule has 0 aliphatic heterocycles. The second-order valence-corrected chi connectivity index (χ2v) is 3.89. The van der Waals surface area contributed by atoms with Crippen LogP contribution in [0.4, 0.5) is 0 Å². The number of carbonyl (C=O) groups is 3. The van der Waals surface area contributed by atoms with E-state index in [1.54, 1.807) is 0 Å². The molecule has 0 unspecified atom stereocenters. The summed E-state index contributed by atoms with van der Waals surface area (Å²) < 4.78 is 4.67. The van der Waals surface area contributed by atoms with E-state index >= 15 is 0 Å². The van der Waals surface area contributed by atoms with Crippen molar-refractivity contribution in [3.05, 3.63) is 0 Å². The summed E-state index contributed by atoms with van der Waals surface area (Å²) in [7, 11) is 2.87. The third kappa shape index (κ3) is 6.19. The lowest BCUT2D eigenvalue weighted by atomic mass is 10.3. The Morgan fingerprint density at radius 2 is 1.78 bits per heavy atom. The zero-order valence-electron chi connectivity index (χ0n) is 11.0. The lowest BCUT2D eigenvalue weighted by molar-refractivity contribution is -0.146. The van der Waals surface area contributed by atoms with Crippen molar-refractivity contribution in [2.75, 3.05) is 40.4 Å². The first kappa shape index (κ1) is 16.4. The molecule has 0 saturated heterocycles. The van der Waals surface area contributed by atoms with Crippen molar-refractivity contribution in [1.82, 2.24) is 9.80 Å². The van der Waals surface area contributed by atoms with Gasteiger partial charge in [-0.1, -0.05) is 6.92 Å². The second kappa shape index (κ2) is 8.46. The van der Waals surface area contributed by atoms with E-state index in [9.17, 15) is 14.4 Å². The van der Waals surface area contributed by atoms with E-state index in [0.717, 1.165) is 0 Å². The van der Waals surface area contributed by atoms with Crippen LogP contribution in [0.5, 0.6) is 0 Å². The third-order valence-corrected chi connectivity index (χ3v) is 2.24. The Morgan fingerprint density at radius 1 is 1.17 bits per heavy atom. The van der Waals surface area contributed by atoms with Gasteiger partial charge < -0.3 is 19.6 Å². The minimum absolute atomic E-state index is 0.101. The molecule has 0 atom stereocenters. The number of amides is 2. The molecule has 0 rings (SSSR count). The highest BCUT2D eigenvalue weighted by molar-refractivity contribution is 5.87. The van der Waals surface area contributed by atoms with Gasteiger partial charge in [-0.15, -0.1) is 0 Å². The molecule has 0 heterocycles. The van der Waals surface area contributed by atoms with E-state index < -0.39 is 5.97 Å². The van der Waals surface area contributed by atoms with Crippen molar-refractivity contribution in [1.29, 1.82) is 0 Å². The fourth-order valence-corrected chi connectivity index (χ4v) is 1.35. The summed E-state index contributed by atoms with van der Waals surface area (Å²) in [5.41, 5.74) is 0. The van der Waals surface area contributed by atoms with Crippen molar-refractivity contribution in [3.63, 3.8) is 0 Å². The Labute approximate surface area is 106 Å². The molecular weight excluding hydrogens is 240 g/mol. The number of nitrogens with zero attached hydrogens (tertiary/aromatic N) is 2. The molecule has 1 N–H and O–H groups in total. The number of hydrogen-bond donors (Lipinski definition) is 1. The van der Waals surface area contributed by atoms with Crippen LogP contribution >= 0.6 is 0 Å². The molecule has 18 heavy (non-hydrogen) atoms. The Hall–Kier alpha value is -1.63. The fourth-order valence-electron chi connectivity index (χ4n) is 1.35. The Balaban J connectivity index is 4.40. The topological polar surface area (TPSA) is 87.2 Å². The lowest BCUT2D eigenvalue weighted by Crippen LogP contribution is -2.44. The number of carbonyl (C=O) groups excluding carboxylic acids is 2. The predicted octanol–water partition coefficient (Wildman–Crippen LogP) is -0.586. The van der Waals surface area contributed by atoms with Gasteiger partial charge in [0, 0.05) is 20.7 Å². The van der Waals surface area contributed by atoms with Crippen LogP contribution in [-0.2, 0) is 19.1 Å². The number of methoxy groups -OCH3 is 1. The smallest absolute Gasteiger partial charge is 0.323 e. The quantitative estimate of drug-likeness (QED) is 0.630. The van der Waals surface area contributed by atoms with E-state index in [-0.39, 0.29) is 31.5 Å². The number of carboxylic acid groups (broad SMARTS) is 1. The molecule has 0 fully saturated rings. The zero-order valence-corrected chi connectivity index (χ0v) is 11.0. The number of ether oxygens (including phenoxy) is 1. The predicted molar refractivity (Wildman–Crippen MR) is 64.0 cm³/mol. The first-order valence-corrected chi connectivity index (χ1v) is 5.64. The molecule has 0 saturated carbocycles. The summed E-state index contributed by atoms with van der Waals surface area (Å²) in [6.45, 7) is 1.62. The summed E-state index contributed by atoms with van der Waals surface area (Å²) in [4.78, 5) is 36.3. The Kier molecular flexibility index (Phi) is 7.69. The van der Waals surface area contributed by atoms with Gasteiger partial charge in [0.25, 0.3) is 0 Å². The van der Waals surface area contributed by atoms with Crippen LogP contribution in [0.15, 0.2) is 0 Å². The highest BCUT2D eigenvalue weighted by atomic mass is 16.5. The minimum atomic E-state index is -1.07.